The Bertz CT molecular complexity index is 595. The van der Waals surface area contributed by atoms with E-state index >= 15 is 0 Å². The van der Waals surface area contributed by atoms with E-state index in [4.69, 9.17) is 5.73 Å². The van der Waals surface area contributed by atoms with Crippen LogP contribution in [0.5, 0.6) is 0 Å². The van der Waals surface area contributed by atoms with Crippen LogP contribution in [0.15, 0.2) is 18.2 Å². The van der Waals surface area contributed by atoms with Gasteiger partial charge in [-0.1, -0.05) is 6.07 Å². The summed E-state index contributed by atoms with van der Waals surface area (Å²) in [4.78, 5) is 10.4. The highest BCUT2D eigenvalue weighted by atomic mass is 16.6. The smallest absolute Gasteiger partial charge is 0.270 e. The van der Waals surface area contributed by atoms with Gasteiger partial charge in [-0.05, 0) is 35.9 Å². The van der Waals surface area contributed by atoms with E-state index < -0.39 is 4.92 Å². The predicted molar refractivity (Wildman–Crippen MR) is 68.3 cm³/mol. The number of nitro groups is 1. The highest BCUT2D eigenvalue weighted by Crippen LogP contribution is 2.25. The predicted octanol–water partition coefficient (Wildman–Crippen LogP) is 0.906. The topological polar surface area (TPSA) is 113 Å². The number of benzene rings is 1. The summed E-state index contributed by atoms with van der Waals surface area (Å²) in [5, 5.41) is 22.3. The van der Waals surface area contributed by atoms with Gasteiger partial charge in [0.15, 0.2) is 5.82 Å². The van der Waals surface area contributed by atoms with Gasteiger partial charge in [0.05, 0.1) is 4.92 Å². The monoisotopic (exact) mass is 262 g/mol. The molecule has 1 aromatic carbocycles. The Kier molecular flexibility index (Phi) is 3.81. The maximum absolute atomic E-state index is 10.8. The molecule has 2 aromatic rings. The molecule has 0 radical (unpaired) electrons. The van der Waals surface area contributed by atoms with Crippen LogP contribution in [0.4, 0.5) is 5.69 Å². The molecule has 0 spiro atoms. The number of nitrogens with two attached hydrogens (primary N) is 1. The van der Waals surface area contributed by atoms with Gasteiger partial charge in [0.1, 0.15) is 0 Å². The molecule has 2 N–H and O–H groups in total. The zero-order chi connectivity index (χ0) is 13.8. The number of hydrogen-bond acceptors (Lipinski definition) is 6. The Morgan fingerprint density at radius 2 is 2.26 bits per heavy atom. The minimum atomic E-state index is -0.434. The molecule has 8 nitrogen and oxygen atoms in total. The Balaban J connectivity index is 2.43. The third kappa shape index (κ3) is 2.74. The number of aromatic nitrogens is 4. The van der Waals surface area contributed by atoms with E-state index in [1.165, 1.54) is 12.1 Å². The maximum atomic E-state index is 10.8. The number of rotatable bonds is 5. The molecule has 0 bridgehead atoms. The van der Waals surface area contributed by atoms with Gasteiger partial charge in [-0.15, -0.1) is 5.10 Å². The second kappa shape index (κ2) is 5.53. The third-order valence-corrected chi connectivity index (χ3v) is 2.78. The summed E-state index contributed by atoms with van der Waals surface area (Å²) in [7, 11) is 0. The molecule has 0 unspecified atom stereocenters. The number of hydrogen-bond donors (Lipinski definition) is 1. The fraction of sp³-hybridized carbons (Fsp3) is 0.364. The Morgan fingerprint density at radius 3 is 2.95 bits per heavy atom. The summed E-state index contributed by atoms with van der Waals surface area (Å²) >= 11 is 0. The molecule has 0 aliphatic rings. The maximum Gasteiger partial charge on any atom is 0.270 e. The Labute approximate surface area is 109 Å². The van der Waals surface area contributed by atoms with E-state index in [2.05, 4.69) is 15.5 Å². The van der Waals surface area contributed by atoms with Crippen LogP contribution in [0.1, 0.15) is 12.0 Å². The van der Waals surface area contributed by atoms with Gasteiger partial charge >= 0.3 is 0 Å². The first-order valence-corrected chi connectivity index (χ1v) is 5.85. The van der Waals surface area contributed by atoms with Crippen LogP contribution in [-0.2, 0) is 6.54 Å². The normalized spacial score (nSPS) is 10.6. The Hall–Kier alpha value is -2.35. The fourth-order valence-corrected chi connectivity index (χ4v) is 1.75. The van der Waals surface area contributed by atoms with E-state index in [-0.39, 0.29) is 5.69 Å². The lowest BCUT2D eigenvalue weighted by Crippen LogP contribution is -2.09. The number of nitro benzene ring substituents is 1. The lowest BCUT2D eigenvalue weighted by Gasteiger charge is -2.06. The molecule has 0 amide bonds. The summed E-state index contributed by atoms with van der Waals surface area (Å²) in [6.45, 7) is 2.98. The van der Waals surface area contributed by atoms with Gasteiger partial charge < -0.3 is 5.73 Å². The van der Waals surface area contributed by atoms with Crippen LogP contribution in [0, 0.1) is 17.0 Å². The van der Waals surface area contributed by atoms with Gasteiger partial charge in [0, 0.05) is 24.2 Å². The third-order valence-electron chi connectivity index (χ3n) is 2.78. The molecule has 19 heavy (non-hydrogen) atoms. The van der Waals surface area contributed by atoms with Crippen molar-refractivity contribution >= 4 is 5.69 Å². The highest BCUT2D eigenvalue weighted by molar-refractivity contribution is 5.63. The summed E-state index contributed by atoms with van der Waals surface area (Å²) in [5.74, 6) is 0.523. The molecule has 2 rings (SSSR count). The average Bonchev–Trinajstić information content (AvgIpc) is 2.84. The van der Waals surface area contributed by atoms with E-state index in [0.29, 0.717) is 24.5 Å². The van der Waals surface area contributed by atoms with Crippen molar-refractivity contribution < 1.29 is 4.92 Å². The molecule has 1 heterocycles. The molecular formula is C11H14N6O2. The van der Waals surface area contributed by atoms with E-state index in [9.17, 15) is 10.1 Å². The van der Waals surface area contributed by atoms with Crippen molar-refractivity contribution in [1.82, 2.24) is 20.2 Å². The molecule has 0 atom stereocenters. The molecule has 0 aliphatic heterocycles. The van der Waals surface area contributed by atoms with Crippen LogP contribution < -0.4 is 5.73 Å². The zero-order valence-corrected chi connectivity index (χ0v) is 10.5. The van der Waals surface area contributed by atoms with Crippen molar-refractivity contribution in [3.05, 3.63) is 33.9 Å². The number of nitrogens with zero attached hydrogens (tertiary/aromatic N) is 5. The standard InChI is InChI=1S/C11H14N6O2/c1-8-3-4-9(17(18)19)7-10(8)11-13-14-15-16(11)6-2-5-12/h3-4,7H,2,5-6,12H2,1H3. The lowest BCUT2D eigenvalue weighted by atomic mass is 10.1. The van der Waals surface area contributed by atoms with Gasteiger partial charge in [0.25, 0.3) is 5.69 Å². The summed E-state index contributed by atoms with van der Waals surface area (Å²) in [6, 6.07) is 4.64. The molecule has 0 saturated heterocycles. The first-order valence-electron chi connectivity index (χ1n) is 5.85. The van der Waals surface area contributed by atoms with Crippen molar-refractivity contribution in [2.75, 3.05) is 6.54 Å². The number of non-ortho nitro benzene ring substituents is 1. The van der Waals surface area contributed by atoms with Crippen molar-refractivity contribution in [3.63, 3.8) is 0 Å². The van der Waals surface area contributed by atoms with Crippen molar-refractivity contribution in [2.45, 2.75) is 19.9 Å². The second-order valence-corrected chi connectivity index (χ2v) is 4.12. The molecule has 0 aliphatic carbocycles. The largest absolute Gasteiger partial charge is 0.330 e. The van der Waals surface area contributed by atoms with Gasteiger partial charge in [-0.25, -0.2) is 4.68 Å². The minimum absolute atomic E-state index is 0.0222. The molecule has 1 aromatic heterocycles. The molecule has 100 valence electrons. The van der Waals surface area contributed by atoms with Crippen molar-refractivity contribution in [1.29, 1.82) is 0 Å². The van der Waals surface area contributed by atoms with E-state index in [1.54, 1.807) is 10.7 Å². The number of tetrazole rings is 1. The first kappa shape index (κ1) is 13.1. The summed E-state index contributed by atoms with van der Waals surface area (Å²) in [6.07, 6.45) is 0.742. The van der Waals surface area contributed by atoms with Gasteiger partial charge in [-0.2, -0.15) is 0 Å². The highest BCUT2D eigenvalue weighted by Gasteiger charge is 2.15. The minimum Gasteiger partial charge on any atom is -0.330 e. The summed E-state index contributed by atoms with van der Waals surface area (Å²) in [5.41, 5.74) is 7.03. The second-order valence-electron chi connectivity index (χ2n) is 4.12. The van der Waals surface area contributed by atoms with E-state index in [0.717, 1.165) is 12.0 Å². The SMILES string of the molecule is Cc1ccc([N+](=O)[O-])cc1-c1nnnn1CCCN. The van der Waals surface area contributed by atoms with Crippen molar-refractivity contribution in [2.24, 2.45) is 5.73 Å². The Morgan fingerprint density at radius 1 is 1.47 bits per heavy atom. The van der Waals surface area contributed by atoms with Crippen LogP contribution >= 0.6 is 0 Å². The lowest BCUT2D eigenvalue weighted by molar-refractivity contribution is -0.384. The zero-order valence-electron chi connectivity index (χ0n) is 10.5. The van der Waals surface area contributed by atoms with Gasteiger partial charge in [-0.3, -0.25) is 10.1 Å². The molecule has 8 heteroatoms. The molecule has 0 fully saturated rings. The quantitative estimate of drug-likeness (QED) is 0.632. The molecular weight excluding hydrogens is 248 g/mol. The van der Waals surface area contributed by atoms with Crippen LogP contribution in [0.25, 0.3) is 11.4 Å². The molecule has 0 saturated carbocycles. The van der Waals surface area contributed by atoms with Crippen molar-refractivity contribution in [3.8, 4) is 11.4 Å². The van der Waals surface area contributed by atoms with Crippen LogP contribution in [0.3, 0.4) is 0 Å². The van der Waals surface area contributed by atoms with Crippen LogP contribution in [-0.4, -0.2) is 31.7 Å². The van der Waals surface area contributed by atoms with Gasteiger partial charge in [0.2, 0.25) is 0 Å². The first-order chi connectivity index (χ1) is 9.13. The van der Waals surface area contributed by atoms with E-state index in [1.807, 2.05) is 6.92 Å². The fourth-order valence-electron chi connectivity index (χ4n) is 1.75. The summed E-state index contributed by atoms with van der Waals surface area (Å²) < 4.78 is 1.61. The average molecular weight is 262 g/mol. The number of aryl methyl sites for hydroxylation is 2. The van der Waals surface area contributed by atoms with Crippen LogP contribution in [0.2, 0.25) is 0 Å².